The molecule has 0 aromatic heterocycles. The van der Waals surface area contributed by atoms with Crippen molar-refractivity contribution in [1.29, 1.82) is 0 Å². The SMILES string of the molecule is O=C(CCc1ccccc1F)NC[C@@H](O)c1ccc(C(F)(F)F)cc1. The third-order valence-electron chi connectivity index (χ3n) is 3.69. The van der Waals surface area contributed by atoms with E-state index >= 15 is 0 Å². The maximum atomic E-state index is 13.4. The second kappa shape index (κ2) is 8.11. The van der Waals surface area contributed by atoms with Gasteiger partial charge in [-0.3, -0.25) is 4.79 Å². The van der Waals surface area contributed by atoms with Crippen LogP contribution in [-0.2, 0) is 17.4 Å². The van der Waals surface area contributed by atoms with Crippen LogP contribution in [0, 0.1) is 5.82 Å². The van der Waals surface area contributed by atoms with Crippen molar-refractivity contribution in [3.63, 3.8) is 0 Å². The summed E-state index contributed by atoms with van der Waals surface area (Å²) in [6, 6.07) is 10.2. The molecule has 2 N–H and O–H groups in total. The van der Waals surface area contributed by atoms with Gasteiger partial charge in [0, 0.05) is 13.0 Å². The van der Waals surface area contributed by atoms with Gasteiger partial charge in [-0.25, -0.2) is 4.39 Å². The zero-order valence-corrected chi connectivity index (χ0v) is 13.2. The van der Waals surface area contributed by atoms with Crippen LogP contribution in [0.4, 0.5) is 17.6 Å². The normalized spacial score (nSPS) is 12.7. The molecule has 2 rings (SSSR count). The lowest BCUT2D eigenvalue weighted by atomic mass is 10.1. The summed E-state index contributed by atoms with van der Waals surface area (Å²) in [7, 11) is 0. The van der Waals surface area contributed by atoms with Crippen LogP contribution < -0.4 is 5.32 Å². The van der Waals surface area contributed by atoms with E-state index < -0.39 is 17.8 Å². The van der Waals surface area contributed by atoms with Gasteiger partial charge < -0.3 is 10.4 Å². The van der Waals surface area contributed by atoms with E-state index in [2.05, 4.69) is 5.32 Å². The largest absolute Gasteiger partial charge is 0.416 e. The number of hydrogen-bond donors (Lipinski definition) is 2. The van der Waals surface area contributed by atoms with E-state index in [0.717, 1.165) is 12.1 Å². The number of aryl methyl sites for hydroxylation is 1. The van der Waals surface area contributed by atoms with E-state index in [9.17, 15) is 27.5 Å². The zero-order valence-electron chi connectivity index (χ0n) is 13.2. The van der Waals surface area contributed by atoms with Crippen molar-refractivity contribution in [1.82, 2.24) is 5.32 Å². The molecule has 0 saturated carbocycles. The van der Waals surface area contributed by atoms with Gasteiger partial charge in [-0.15, -0.1) is 0 Å². The first kappa shape index (κ1) is 18.9. The Hall–Kier alpha value is -2.41. The van der Waals surface area contributed by atoms with Crippen molar-refractivity contribution >= 4 is 5.91 Å². The lowest BCUT2D eigenvalue weighted by molar-refractivity contribution is -0.137. The lowest BCUT2D eigenvalue weighted by Gasteiger charge is -2.14. The Morgan fingerprint density at radius 3 is 2.32 bits per heavy atom. The molecule has 2 aromatic rings. The predicted molar refractivity (Wildman–Crippen MR) is 84.1 cm³/mol. The van der Waals surface area contributed by atoms with Crippen molar-refractivity contribution in [3.05, 3.63) is 71.0 Å². The van der Waals surface area contributed by atoms with Crippen molar-refractivity contribution in [3.8, 4) is 0 Å². The van der Waals surface area contributed by atoms with Gasteiger partial charge in [-0.05, 0) is 35.7 Å². The highest BCUT2D eigenvalue weighted by Gasteiger charge is 2.30. The summed E-state index contributed by atoms with van der Waals surface area (Å²) >= 11 is 0. The number of amides is 1. The van der Waals surface area contributed by atoms with Crippen LogP contribution in [0.15, 0.2) is 48.5 Å². The van der Waals surface area contributed by atoms with Gasteiger partial charge in [0.05, 0.1) is 11.7 Å². The third kappa shape index (κ3) is 5.56. The van der Waals surface area contributed by atoms with Crippen LogP contribution in [0.25, 0.3) is 0 Å². The van der Waals surface area contributed by atoms with Crippen molar-refractivity contribution in [2.45, 2.75) is 25.1 Å². The van der Waals surface area contributed by atoms with E-state index in [0.29, 0.717) is 5.56 Å². The molecule has 7 heteroatoms. The van der Waals surface area contributed by atoms with Crippen LogP contribution in [0.3, 0.4) is 0 Å². The van der Waals surface area contributed by atoms with Crippen molar-refractivity contribution in [2.75, 3.05) is 6.54 Å². The smallest absolute Gasteiger partial charge is 0.387 e. The molecule has 1 amide bonds. The van der Waals surface area contributed by atoms with Gasteiger partial charge in [-0.2, -0.15) is 13.2 Å². The van der Waals surface area contributed by atoms with Gasteiger partial charge in [-0.1, -0.05) is 30.3 Å². The molecule has 0 radical (unpaired) electrons. The zero-order chi connectivity index (χ0) is 18.4. The van der Waals surface area contributed by atoms with Crippen LogP contribution in [0.2, 0.25) is 0 Å². The van der Waals surface area contributed by atoms with Gasteiger partial charge in [0.2, 0.25) is 5.91 Å². The average molecular weight is 355 g/mol. The molecule has 0 aliphatic heterocycles. The number of carbonyl (C=O) groups is 1. The molecule has 0 spiro atoms. The van der Waals surface area contributed by atoms with E-state index in [-0.39, 0.29) is 36.7 Å². The second-order valence-corrected chi connectivity index (χ2v) is 5.53. The predicted octanol–water partition coefficient (Wildman–Crippen LogP) is 3.63. The Kier molecular flexibility index (Phi) is 6.14. The van der Waals surface area contributed by atoms with Crippen molar-refractivity contribution in [2.24, 2.45) is 0 Å². The number of rotatable bonds is 6. The number of aliphatic hydroxyl groups is 1. The summed E-state index contributed by atoms with van der Waals surface area (Å²) < 4.78 is 50.9. The van der Waals surface area contributed by atoms with E-state index in [4.69, 9.17) is 0 Å². The summed E-state index contributed by atoms with van der Waals surface area (Å²) in [6.45, 7) is -0.137. The molecule has 1 atom stereocenters. The highest BCUT2D eigenvalue weighted by Crippen LogP contribution is 2.29. The standard InChI is InChI=1S/C18H17F4NO2/c19-15-4-2-1-3-12(15)7-10-17(25)23-11-16(24)13-5-8-14(9-6-13)18(20,21)22/h1-6,8-9,16,24H,7,10-11H2,(H,23,25)/t16-/m1/s1. The molecule has 0 aliphatic carbocycles. The number of hydrogen-bond acceptors (Lipinski definition) is 2. The Bertz CT molecular complexity index is 714. The Balaban J connectivity index is 1.82. The monoisotopic (exact) mass is 355 g/mol. The van der Waals surface area contributed by atoms with Crippen LogP contribution >= 0.6 is 0 Å². The Morgan fingerprint density at radius 1 is 1.08 bits per heavy atom. The summed E-state index contributed by atoms with van der Waals surface area (Å²) in [5, 5.41) is 12.4. The first-order valence-corrected chi connectivity index (χ1v) is 7.62. The number of nitrogens with one attached hydrogen (secondary N) is 1. The maximum absolute atomic E-state index is 13.4. The quantitative estimate of drug-likeness (QED) is 0.778. The second-order valence-electron chi connectivity index (χ2n) is 5.53. The minimum absolute atomic E-state index is 0.0423. The molecule has 0 unspecified atom stereocenters. The fourth-order valence-corrected chi connectivity index (χ4v) is 2.26. The van der Waals surface area contributed by atoms with E-state index in [1.54, 1.807) is 18.2 Å². The number of benzene rings is 2. The van der Waals surface area contributed by atoms with Crippen LogP contribution in [0.1, 0.15) is 29.2 Å². The highest BCUT2D eigenvalue weighted by molar-refractivity contribution is 5.76. The molecule has 0 heterocycles. The Morgan fingerprint density at radius 2 is 1.72 bits per heavy atom. The minimum atomic E-state index is -4.44. The molecule has 25 heavy (non-hydrogen) atoms. The number of carbonyl (C=O) groups excluding carboxylic acids is 1. The highest BCUT2D eigenvalue weighted by atomic mass is 19.4. The van der Waals surface area contributed by atoms with Gasteiger partial charge in [0.1, 0.15) is 5.82 Å². The summed E-state index contributed by atoms with van der Waals surface area (Å²) in [5.41, 5.74) is -0.124. The maximum Gasteiger partial charge on any atom is 0.416 e. The first-order valence-electron chi connectivity index (χ1n) is 7.62. The summed E-state index contributed by atoms with van der Waals surface area (Å²) in [6.07, 6.45) is -5.31. The van der Waals surface area contributed by atoms with Crippen LogP contribution in [0.5, 0.6) is 0 Å². The molecule has 134 valence electrons. The Labute approximate surface area is 142 Å². The summed E-state index contributed by atoms with van der Waals surface area (Å²) in [5.74, 6) is -0.769. The lowest BCUT2D eigenvalue weighted by Crippen LogP contribution is -2.28. The summed E-state index contributed by atoms with van der Waals surface area (Å²) in [4.78, 5) is 11.8. The molecular weight excluding hydrogens is 338 g/mol. The fourth-order valence-electron chi connectivity index (χ4n) is 2.26. The number of alkyl halides is 3. The molecular formula is C18H17F4NO2. The number of aliphatic hydroxyl groups excluding tert-OH is 1. The molecule has 0 fully saturated rings. The molecule has 2 aromatic carbocycles. The first-order chi connectivity index (χ1) is 11.8. The topological polar surface area (TPSA) is 49.3 Å². The fraction of sp³-hybridized carbons (Fsp3) is 0.278. The average Bonchev–Trinajstić information content (AvgIpc) is 2.58. The third-order valence-corrected chi connectivity index (χ3v) is 3.69. The van der Waals surface area contributed by atoms with Gasteiger partial charge in [0.15, 0.2) is 0 Å². The van der Waals surface area contributed by atoms with Gasteiger partial charge in [0.25, 0.3) is 0 Å². The van der Waals surface area contributed by atoms with E-state index in [1.807, 2.05) is 0 Å². The molecule has 0 saturated heterocycles. The molecule has 0 bridgehead atoms. The number of halogens is 4. The van der Waals surface area contributed by atoms with E-state index in [1.165, 1.54) is 18.2 Å². The van der Waals surface area contributed by atoms with Crippen LogP contribution in [-0.4, -0.2) is 17.6 Å². The minimum Gasteiger partial charge on any atom is -0.387 e. The van der Waals surface area contributed by atoms with Gasteiger partial charge >= 0.3 is 6.18 Å². The molecule has 0 aliphatic rings. The van der Waals surface area contributed by atoms with Crippen molar-refractivity contribution < 1.29 is 27.5 Å². The molecule has 3 nitrogen and oxygen atoms in total.